The number of H-pyrrole nitrogens is 1. The first-order valence-corrected chi connectivity index (χ1v) is 10.7. The van der Waals surface area contributed by atoms with E-state index in [1.54, 1.807) is 42.0 Å². The van der Waals surface area contributed by atoms with Gasteiger partial charge in [-0.3, -0.25) is 14.3 Å². The smallest absolute Gasteiger partial charge is 0.269 e. The van der Waals surface area contributed by atoms with E-state index in [0.29, 0.717) is 42.0 Å². The van der Waals surface area contributed by atoms with Crippen LogP contribution in [0, 0.1) is 5.82 Å². The zero-order chi connectivity index (χ0) is 22.1. The molecule has 31 heavy (non-hydrogen) atoms. The highest BCUT2D eigenvalue weighted by Gasteiger charge is 2.28. The number of benzene rings is 1. The molecule has 3 heterocycles. The quantitative estimate of drug-likeness (QED) is 0.651. The summed E-state index contributed by atoms with van der Waals surface area (Å²) in [5, 5.41) is 5.00. The number of hydrogen-bond acceptors (Lipinski definition) is 3. The molecule has 1 atom stereocenters. The number of rotatable bonds is 5. The van der Waals surface area contributed by atoms with E-state index in [0.717, 1.165) is 12.8 Å². The average molecular weight is 446 g/mol. The van der Waals surface area contributed by atoms with E-state index in [2.05, 4.69) is 10.1 Å². The van der Waals surface area contributed by atoms with E-state index in [1.165, 1.54) is 4.90 Å². The number of nitrogens with one attached hydrogen (secondary N) is 1. The molecular formula is C22H25ClFN5O2. The number of aromatic amines is 1. The van der Waals surface area contributed by atoms with E-state index in [9.17, 15) is 9.59 Å². The lowest BCUT2D eigenvalue weighted by molar-refractivity contribution is -0.132. The highest BCUT2D eigenvalue weighted by Crippen LogP contribution is 2.36. The van der Waals surface area contributed by atoms with Crippen LogP contribution in [-0.2, 0) is 11.3 Å². The summed E-state index contributed by atoms with van der Waals surface area (Å²) in [6.45, 7) is 1.63. The molecule has 1 N–H and O–H groups in total. The van der Waals surface area contributed by atoms with E-state index in [4.69, 9.17) is 11.6 Å². The second kappa shape index (κ2) is 8.70. The first-order valence-electron chi connectivity index (χ1n) is 10.3. The van der Waals surface area contributed by atoms with Gasteiger partial charge in [-0.2, -0.15) is 5.10 Å². The van der Waals surface area contributed by atoms with Crippen LogP contribution in [0.3, 0.4) is 0 Å². The molecule has 0 spiro atoms. The van der Waals surface area contributed by atoms with Gasteiger partial charge in [0.05, 0.1) is 10.5 Å². The second-order valence-corrected chi connectivity index (χ2v) is 8.54. The van der Waals surface area contributed by atoms with Gasteiger partial charge in [-0.05, 0) is 36.6 Å². The molecule has 0 saturated carbocycles. The molecule has 1 aromatic carbocycles. The predicted molar refractivity (Wildman–Crippen MR) is 117 cm³/mol. The highest BCUT2D eigenvalue weighted by molar-refractivity contribution is 6.35. The predicted octanol–water partition coefficient (Wildman–Crippen LogP) is 3.66. The van der Waals surface area contributed by atoms with Gasteiger partial charge in [-0.1, -0.05) is 11.6 Å². The maximum Gasteiger partial charge on any atom is 0.269 e. The number of fused-ring (bicyclic) bond motifs is 1. The minimum absolute atomic E-state index is 0.0338. The second-order valence-electron chi connectivity index (χ2n) is 8.13. The van der Waals surface area contributed by atoms with Gasteiger partial charge in [-0.15, -0.1) is 0 Å². The van der Waals surface area contributed by atoms with Gasteiger partial charge in [0.2, 0.25) is 5.91 Å². The summed E-state index contributed by atoms with van der Waals surface area (Å²) in [5.74, 6) is -0.778. The summed E-state index contributed by atoms with van der Waals surface area (Å²) in [6, 6.07) is 5.04. The lowest BCUT2D eigenvalue weighted by Crippen LogP contribution is -2.39. The summed E-state index contributed by atoms with van der Waals surface area (Å²) >= 11 is 6.45. The van der Waals surface area contributed by atoms with Crippen LogP contribution < -0.4 is 0 Å². The fourth-order valence-corrected chi connectivity index (χ4v) is 4.42. The Balaban J connectivity index is 1.55. The maximum atomic E-state index is 15.4. The van der Waals surface area contributed by atoms with Gasteiger partial charge in [0.15, 0.2) is 5.82 Å². The number of carbonyl (C=O) groups excluding carboxylic acids is 2. The Morgan fingerprint density at radius 3 is 2.87 bits per heavy atom. The third-order valence-electron chi connectivity index (χ3n) is 5.79. The van der Waals surface area contributed by atoms with Crippen molar-refractivity contribution >= 4 is 34.3 Å². The van der Waals surface area contributed by atoms with E-state index >= 15 is 4.39 Å². The van der Waals surface area contributed by atoms with Gasteiger partial charge in [0.25, 0.3) is 5.91 Å². The van der Waals surface area contributed by atoms with Crippen molar-refractivity contribution in [3.05, 3.63) is 52.7 Å². The molecular weight excluding hydrogens is 421 g/mol. The molecule has 164 valence electrons. The highest BCUT2D eigenvalue weighted by atomic mass is 35.5. The van der Waals surface area contributed by atoms with Gasteiger partial charge >= 0.3 is 0 Å². The molecule has 7 nitrogen and oxygen atoms in total. The minimum atomic E-state index is -0.409. The Morgan fingerprint density at radius 2 is 2.16 bits per heavy atom. The van der Waals surface area contributed by atoms with Crippen molar-refractivity contribution in [1.29, 1.82) is 0 Å². The van der Waals surface area contributed by atoms with Crippen molar-refractivity contribution in [3.63, 3.8) is 0 Å². The number of nitrogens with zero attached hydrogens (tertiary/aromatic N) is 4. The molecule has 0 radical (unpaired) electrons. The number of aryl methyl sites for hydroxylation is 1. The number of hydrogen-bond donors (Lipinski definition) is 1. The molecule has 0 unspecified atom stereocenters. The number of piperidine rings is 1. The standard InChI is InChI=1S/C22H25ClFN5O2/c1-27(2)22(31)18-12-16-17(23)11-15(20(24)21(16)26-18)14-5-3-8-28(13-14)19(30)6-10-29-9-4-7-25-29/h4,7,9,11-12,14,26H,3,5-6,8,10,13H2,1-2H3/t14-/m0/s1. The van der Waals surface area contributed by atoms with Crippen molar-refractivity contribution in [3.8, 4) is 0 Å². The van der Waals surface area contributed by atoms with Crippen LogP contribution in [0.25, 0.3) is 10.9 Å². The van der Waals surface area contributed by atoms with Gasteiger partial charge in [0, 0.05) is 63.8 Å². The van der Waals surface area contributed by atoms with Crippen LogP contribution in [-0.4, -0.2) is 63.6 Å². The molecule has 2 aromatic heterocycles. The third kappa shape index (κ3) is 4.30. The molecule has 9 heteroatoms. The molecule has 4 rings (SSSR count). The van der Waals surface area contributed by atoms with Crippen LogP contribution in [0.2, 0.25) is 5.02 Å². The Bertz CT molecular complexity index is 1110. The van der Waals surface area contributed by atoms with Crippen molar-refractivity contribution in [1.82, 2.24) is 24.6 Å². The molecule has 0 bridgehead atoms. The van der Waals surface area contributed by atoms with Crippen molar-refractivity contribution in [2.24, 2.45) is 0 Å². The molecule has 1 fully saturated rings. The zero-order valence-corrected chi connectivity index (χ0v) is 18.3. The fourth-order valence-electron chi connectivity index (χ4n) is 4.15. The van der Waals surface area contributed by atoms with Gasteiger partial charge < -0.3 is 14.8 Å². The first-order chi connectivity index (χ1) is 14.8. The first kappa shape index (κ1) is 21.4. The SMILES string of the molecule is CN(C)C(=O)c1cc2c(Cl)cc([C@H]3CCCN(C(=O)CCn4cccn4)C3)c(F)c2[nH]1. The van der Waals surface area contributed by atoms with Gasteiger partial charge in [0.1, 0.15) is 5.69 Å². The summed E-state index contributed by atoms with van der Waals surface area (Å²) in [4.78, 5) is 31.1. The number of carbonyl (C=O) groups is 2. The van der Waals surface area contributed by atoms with Crippen molar-refractivity contribution < 1.29 is 14.0 Å². The monoisotopic (exact) mass is 445 g/mol. The Kier molecular flexibility index (Phi) is 6.00. The normalized spacial score (nSPS) is 16.6. The lowest BCUT2D eigenvalue weighted by Gasteiger charge is -2.33. The Labute approximate surface area is 184 Å². The number of aromatic nitrogens is 3. The van der Waals surface area contributed by atoms with Crippen LogP contribution >= 0.6 is 11.6 Å². The van der Waals surface area contributed by atoms with Crippen molar-refractivity contribution in [2.45, 2.75) is 31.7 Å². The summed E-state index contributed by atoms with van der Waals surface area (Å²) in [6.07, 6.45) is 5.42. The van der Waals surface area contributed by atoms with Crippen molar-refractivity contribution in [2.75, 3.05) is 27.2 Å². The molecule has 2 amide bonds. The molecule has 1 aliphatic heterocycles. The molecule has 3 aromatic rings. The summed E-state index contributed by atoms with van der Waals surface area (Å²) < 4.78 is 17.2. The summed E-state index contributed by atoms with van der Waals surface area (Å²) in [7, 11) is 3.27. The molecule has 1 saturated heterocycles. The molecule has 1 aliphatic rings. The maximum absolute atomic E-state index is 15.4. The van der Waals surface area contributed by atoms with Crippen LogP contribution in [0.4, 0.5) is 4.39 Å². The number of halogens is 2. The Hall–Kier alpha value is -2.87. The third-order valence-corrected chi connectivity index (χ3v) is 6.11. The minimum Gasteiger partial charge on any atom is -0.348 e. The van der Waals surface area contributed by atoms with E-state index < -0.39 is 5.82 Å². The van der Waals surface area contributed by atoms with Crippen LogP contribution in [0.1, 0.15) is 41.2 Å². The largest absolute Gasteiger partial charge is 0.348 e. The van der Waals surface area contributed by atoms with E-state index in [-0.39, 0.29) is 28.9 Å². The fraction of sp³-hybridized carbons (Fsp3) is 0.409. The van der Waals surface area contributed by atoms with Gasteiger partial charge in [-0.25, -0.2) is 4.39 Å². The number of likely N-dealkylation sites (tertiary alicyclic amines) is 1. The topological polar surface area (TPSA) is 74.2 Å². The average Bonchev–Trinajstić information content (AvgIpc) is 3.44. The summed E-state index contributed by atoms with van der Waals surface area (Å²) in [5.41, 5.74) is 1.000. The lowest BCUT2D eigenvalue weighted by atomic mass is 9.89. The number of amides is 2. The zero-order valence-electron chi connectivity index (χ0n) is 17.6. The van der Waals surface area contributed by atoms with Crippen LogP contribution in [0.15, 0.2) is 30.6 Å². The Morgan fingerprint density at radius 1 is 1.35 bits per heavy atom. The molecule has 0 aliphatic carbocycles. The van der Waals surface area contributed by atoms with Crippen LogP contribution in [0.5, 0.6) is 0 Å². The van der Waals surface area contributed by atoms with E-state index in [1.807, 2.05) is 12.3 Å².